The van der Waals surface area contributed by atoms with Crippen molar-refractivity contribution in [2.45, 2.75) is 13.8 Å². The van der Waals surface area contributed by atoms with Crippen LogP contribution in [0.4, 0.5) is 11.4 Å². The number of nitrogens with one attached hydrogen (secondary N) is 1. The zero-order valence-electron chi connectivity index (χ0n) is 12.0. The molecule has 20 heavy (non-hydrogen) atoms. The van der Waals surface area contributed by atoms with Crippen LogP contribution in [0.1, 0.15) is 13.8 Å². The van der Waals surface area contributed by atoms with Gasteiger partial charge < -0.3 is 15.3 Å². The number of halogens is 1. The van der Waals surface area contributed by atoms with Gasteiger partial charge in [0.1, 0.15) is 0 Å². The number of carbonyl (C=O) groups excluding carboxylic acids is 1. The van der Waals surface area contributed by atoms with E-state index >= 15 is 0 Å². The lowest BCUT2D eigenvalue weighted by molar-refractivity contribution is -0.145. The summed E-state index contributed by atoms with van der Waals surface area (Å²) in [6.07, 6.45) is 0. The molecule has 0 saturated heterocycles. The van der Waals surface area contributed by atoms with Gasteiger partial charge >= 0.3 is 5.97 Å². The summed E-state index contributed by atoms with van der Waals surface area (Å²) >= 11 is 5.93. The highest BCUT2D eigenvalue weighted by atomic mass is 35.5. The minimum absolute atomic E-state index is 0.342. The van der Waals surface area contributed by atoms with Gasteiger partial charge in [0.05, 0.1) is 17.3 Å². The third-order valence-electron chi connectivity index (χ3n) is 3.25. The van der Waals surface area contributed by atoms with Crippen LogP contribution in [0, 0.1) is 11.8 Å². The van der Waals surface area contributed by atoms with E-state index in [1.807, 2.05) is 19.0 Å². The van der Waals surface area contributed by atoms with Gasteiger partial charge in [-0.3, -0.25) is 9.59 Å². The summed E-state index contributed by atoms with van der Waals surface area (Å²) in [7, 11) is 3.70. The predicted molar refractivity (Wildman–Crippen MR) is 80.4 cm³/mol. The molecule has 0 saturated carbocycles. The van der Waals surface area contributed by atoms with Crippen molar-refractivity contribution in [2.75, 3.05) is 24.3 Å². The molecule has 0 aliphatic heterocycles. The Labute approximate surface area is 123 Å². The lowest BCUT2D eigenvalue weighted by Crippen LogP contribution is -2.30. The smallest absolute Gasteiger partial charge is 0.307 e. The fourth-order valence-electron chi connectivity index (χ4n) is 1.69. The van der Waals surface area contributed by atoms with E-state index < -0.39 is 17.8 Å². The maximum absolute atomic E-state index is 12.1. The summed E-state index contributed by atoms with van der Waals surface area (Å²) in [5.74, 6) is -2.73. The van der Waals surface area contributed by atoms with Crippen LogP contribution in [0.2, 0.25) is 5.02 Å². The van der Waals surface area contributed by atoms with Gasteiger partial charge in [-0.15, -0.1) is 0 Å². The van der Waals surface area contributed by atoms with Crippen LogP contribution in [0.15, 0.2) is 18.2 Å². The Kier molecular flexibility index (Phi) is 5.39. The van der Waals surface area contributed by atoms with Crippen LogP contribution in [0.25, 0.3) is 0 Å². The maximum atomic E-state index is 12.1. The van der Waals surface area contributed by atoms with E-state index in [0.717, 1.165) is 5.69 Å². The molecule has 1 aromatic carbocycles. The molecule has 1 rings (SSSR count). The van der Waals surface area contributed by atoms with E-state index in [2.05, 4.69) is 5.32 Å². The molecule has 0 fully saturated rings. The monoisotopic (exact) mass is 298 g/mol. The summed E-state index contributed by atoms with van der Waals surface area (Å²) < 4.78 is 0. The van der Waals surface area contributed by atoms with Crippen LogP contribution in [0.5, 0.6) is 0 Å². The molecule has 0 aromatic heterocycles. The standard InChI is InChI=1S/C14H19ClN2O3/c1-8(9(2)14(19)20)13(18)16-11-7-10(15)5-6-12(11)17(3)4/h5-9H,1-4H3,(H,16,18)(H,19,20). The van der Waals surface area contributed by atoms with Crippen molar-refractivity contribution < 1.29 is 14.7 Å². The Bertz CT molecular complexity index is 517. The molecule has 0 heterocycles. The zero-order chi connectivity index (χ0) is 15.4. The molecule has 2 unspecified atom stereocenters. The normalized spacial score (nSPS) is 13.4. The Morgan fingerprint density at radius 1 is 1.25 bits per heavy atom. The van der Waals surface area contributed by atoms with Crippen LogP contribution < -0.4 is 10.2 Å². The molecular weight excluding hydrogens is 280 g/mol. The Balaban J connectivity index is 2.95. The number of amides is 1. The molecule has 0 bridgehead atoms. The largest absolute Gasteiger partial charge is 0.481 e. The first kappa shape index (κ1) is 16.3. The first-order valence-electron chi connectivity index (χ1n) is 6.24. The number of carbonyl (C=O) groups is 2. The summed E-state index contributed by atoms with van der Waals surface area (Å²) in [6, 6.07) is 5.17. The average Bonchev–Trinajstić information content (AvgIpc) is 2.36. The van der Waals surface area contributed by atoms with Crippen LogP contribution in [-0.2, 0) is 9.59 Å². The SMILES string of the molecule is CC(C(=O)O)C(C)C(=O)Nc1cc(Cl)ccc1N(C)C. The van der Waals surface area contributed by atoms with E-state index in [4.69, 9.17) is 16.7 Å². The summed E-state index contributed by atoms with van der Waals surface area (Å²) in [5.41, 5.74) is 1.37. The lowest BCUT2D eigenvalue weighted by atomic mass is 9.95. The van der Waals surface area contributed by atoms with Crippen molar-refractivity contribution in [1.29, 1.82) is 0 Å². The number of hydrogen-bond donors (Lipinski definition) is 2. The van der Waals surface area contributed by atoms with E-state index in [1.54, 1.807) is 25.1 Å². The van der Waals surface area contributed by atoms with Crippen molar-refractivity contribution in [2.24, 2.45) is 11.8 Å². The van der Waals surface area contributed by atoms with Crippen LogP contribution in [0.3, 0.4) is 0 Å². The van der Waals surface area contributed by atoms with Crippen LogP contribution >= 0.6 is 11.6 Å². The zero-order valence-corrected chi connectivity index (χ0v) is 12.7. The number of aliphatic carboxylic acids is 1. The first-order chi connectivity index (χ1) is 9.23. The minimum Gasteiger partial charge on any atom is -0.481 e. The minimum atomic E-state index is -0.994. The second-order valence-electron chi connectivity index (χ2n) is 4.96. The second-order valence-corrected chi connectivity index (χ2v) is 5.40. The van der Waals surface area contributed by atoms with Gasteiger partial charge in [0.25, 0.3) is 0 Å². The number of carboxylic acid groups (broad SMARTS) is 1. The highest BCUT2D eigenvalue weighted by molar-refractivity contribution is 6.31. The van der Waals surface area contributed by atoms with Gasteiger partial charge in [0.15, 0.2) is 0 Å². The maximum Gasteiger partial charge on any atom is 0.307 e. The van der Waals surface area contributed by atoms with Crippen molar-refractivity contribution >= 4 is 34.9 Å². The number of hydrogen-bond acceptors (Lipinski definition) is 3. The quantitative estimate of drug-likeness (QED) is 0.877. The molecule has 1 amide bonds. The van der Waals surface area contributed by atoms with Crippen molar-refractivity contribution in [1.82, 2.24) is 0 Å². The third-order valence-corrected chi connectivity index (χ3v) is 3.49. The molecule has 0 radical (unpaired) electrons. The molecule has 6 heteroatoms. The van der Waals surface area contributed by atoms with Gasteiger partial charge in [-0.2, -0.15) is 0 Å². The third kappa shape index (κ3) is 3.87. The van der Waals surface area contributed by atoms with E-state index in [1.165, 1.54) is 6.92 Å². The summed E-state index contributed by atoms with van der Waals surface area (Å²) in [4.78, 5) is 24.9. The fourth-order valence-corrected chi connectivity index (χ4v) is 1.86. The van der Waals surface area contributed by atoms with E-state index in [0.29, 0.717) is 10.7 Å². The Morgan fingerprint density at radius 2 is 1.85 bits per heavy atom. The first-order valence-corrected chi connectivity index (χ1v) is 6.62. The van der Waals surface area contributed by atoms with Gasteiger partial charge in [0.2, 0.25) is 5.91 Å². The Hall–Kier alpha value is -1.75. The number of anilines is 2. The molecule has 110 valence electrons. The summed E-state index contributed by atoms with van der Waals surface area (Å²) in [5, 5.41) is 12.2. The molecule has 2 atom stereocenters. The second kappa shape index (κ2) is 6.61. The number of rotatable bonds is 5. The average molecular weight is 299 g/mol. The van der Waals surface area contributed by atoms with E-state index in [-0.39, 0.29) is 5.91 Å². The predicted octanol–water partition coefficient (Wildman–Crippen LogP) is 2.70. The van der Waals surface area contributed by atoms with E-state index in [9.17, 15) is 9.59 Å². The van der Waals surface area contributed by atoms with Crippen molar-refractivity contribution in [3.63, 3.8) is 0 Å². The Morgan fingerprint density at radius 3 is 2.35 bits per heavy atom. The summed E-state index contributed by atoms with van der Waals surface area (Å²) in [6.45, 7) is 3.10. The topological polar surface area (TPSA) is 69.6 Å². The highest BCUT2D eigenvalue weighted by Crippen LogP contribution is 2.28. The fraction of sp³-hybridized carbons (Fsp3) is 0.429. The van der Waals surface area contributed by atoms with Gasteiger partial charge in [-0.25, -0.2) is 0 Å². The highest BCUT2D eigenvalue weighted by Gasteiger charge is 2.26. The molecule has 0 aliphatic carbocycles. The molecular formula is C14H19ClN2O3. The molecule has 0 spiro atoms. The van der Waals surface area contributed by atoms with Crippen molar-refractivity contribution in [3.8, 4) is 0 Å². The molecule has 2 N–H and O–H groups in total. The number of benzene rings is 1. The molecule has 5 nitrogen and oxygen atoms in total. The molecule has 0 aliphatic rings. The van der Waals surface area contributed by atoms with Crippen LogP contribution in [-0.4, -0.2) is 31.1 Å². The van der Waals surface area contributed by atoms with Gasteiger partial charge in [-0.1, -0.05) is 25.4 Å². The number of carboxylic acids is 1. The lowest BCUT2D eigenvalue weighted by Gasteiger charge is -2.21. The van der Waals surface area contributed by atoms with Gasteiger partial charge in [-0.05, 0) is 18.2 Å². The van der Waals surface area contributed by atoms with Crippen molar-refractivity contribution in [3.05, 3.63) is 23.2 Å². The molecule has 1 aromatic rings. The number of nitrogens with zero attached hydrogens (tertiary/aromatic N) is 1. The van der Waals surface area contributed by atoms with Gasteiger partial charge in [0, 0.05) is 25.0 Å².